The zero-order chi connectivity index (χ0) is 18.8. The summed E-state index contributed by atoms with van der Waals surface area (Å²) < 4.78 is 1.91. The van der Waals surface area contributed by atoms with Crippen molar-refractivity contribution in [3.63, 3.8) is 0 Å². The van der Waals surface area contributed by atoms with Crippen molar-refractivity contribution < 1.29 is 9.59 Å². The third-order valence-corrected chi connectivity index (χ3v) is 5.53. The van der Waals surface area contributed by atoms with Gasteiger partial charge in [-0.1, -0.05) is 30.3 Å². The Morgan fingerprint density at radius 1 is 1.11 bits per heavy atom. The van der Waals surface area contributed by atoms with Crippen LogP contribution in [0, 0.1) is 0 Å². The predicted octanol–water partition coefficient (Wildman–Crippen LogP) is 1.73. The number of carbonyl (C=O) groups is 2. The Balaban J connectivity index is 1.40. The molecule has 2 N–H and O–H groups in total. The monoisotopic (exact) mass is 381 g/mol. The van der Waals surface area contributed by atoms with Crippen LogP contribution in [-0.2, 0) is 24.2 Å². The minimum Gasteiger partial charge on any atom is -0.364 e. The fourth-order valence-corrected chi connectivity index (χ4v) is 3.98. The first-order chi connectivity index (χ1) is 13.1. The van der Waals surface area contributed by atoms with E-state index in [4.69, 9.17) is 5.73 Å². The number of primary amides is 1. The van der Waals surface area contributed by atoms with Crippen LogP contribution in [0.3, 0.4) is 0 Å². The average Bonchev–Trinajstić information content (AvgIpc) is 3.25. The molecule has 0 spiro atoms. The van der Waals surface area contributed by atoms with Crippen LogP contribution in [-0.4, -0.2) is 44.3 Å². The molecule has 138 valence electrons. The molecule has 0 saturated carbocycles. The van der Waals surface area contributed by atoms with Gasteiger partial charge in [0.25, 0.3) is 5.91 Å². The van der Waals surface area contributed by atoms with Crippen LogP contribution in [0.1, 0.15) is 22.0 Å². The second-order valence-electron chi connectivity index (χ2n) is 6.42. The summed E-state index contributed by atoms with van der Waals surface area (Å²) in [4.78, 5) is 34.7. The van der Waals surface area contributed by atoms with Crippen molar-refractivity contribution in [3.05, 3.63) is 59.1 Å². The van der Waals surface area contributed by atoms with Crippen molar-refractivity contribution in [1.82, 2.24) is 19.4 Å². The van der Waals surface area contributed by atoms with Gasteiger partial charge in [0, 0.05) is 43.2 Å². The molecule has 1 aromatic carbocycles. The number of carbonyl (C=O) groups excluding carboxylic acids is 2. The van der Waals surface area contributed by atoms with Gasteiger partial charge in [-0.15, -0.1) is 11.3 Å². The quantitative estimate of drug-likeness (QED) is 0.745. The Morgan fingerprint density at radius 3 is 2.70 bits per heavy atom. The van der Waals surface area contributed by atoms with Crippen molar-refractivity contribution in [2.24, 2.45) is 5.73 Å². The Morgan fingerprint density at radius 2 is 1.93 bits per heavy atom. The molecule has 0 aliphatic carbocycles. The van der Waals surface area contributed by atoms with E-state index in [0.717, 1.165) is 22.1 Å². The number of imidazole rings is 1. The second kappa shape index (κ2) is 7.32. The van der Waals surface area contributed by atoms with Gasteiger partial charge in [0.2, 0.25) is 5.91 Å². The second-order valence-corrected chi connectivity index (χ2v) is 7.28. The molecule has 7 nitrogen and oxygen atoms in total. The van der Waals surface area contributed by atoms with Crippen molar-refractivity contribution in [2.45, 2.75) is 19.4 Å². The van der Waals surface area contributed by atoms with Crippen LogP contribution < -0.4 is 5.73 Å². The van der Waals surface area contributed by atoms with Crippen LogP contribution in [0.2, 0.25) is 0 Å². The summed E-state index contributed by atoms with van der Waals surface area (Å²) in [7, 11) is 0. The molecule has 0 saturated heterocycles. The molecule has 8 heteroatoms. The summed E-state index contributed by atoms with van der Waals surface area (Å²) in [6.07, 6.45) is 2.56. The number of amides is 2. The summed E-state index contributed by atoms with van der Waals surface area (Å²) in [5.41, 5.74) is 7.42. The van der Waals surface area contributed by atoms with E-state index >= 15 is 0 Å². The number of rotatable bonds is 4. The highest BCUT2D eigenvalue weighted by molar-refractivity contribution is 7.13. The maximum absolute atomic E-state index is 12.7. The minimum atomic E-state index is -0.527. The van der Waals surface area contributed by atoms with Crippen molar-refractivity contribution in [1.29, 1.82) is 0 Å². The maximum Gasteiger partial charge on any atom is 0.268 e. The van der Waals surface area contributed by atoms with Crippen molar-refractivity contribution in [3.8, 4) is 10.6 Å². The highest BCUT2D eigenvalue weighted by Crippen LogP contribution is 2.23. The van der Waals surface area contributed by atoms with E-state index in [9.17, 15) is 9.59 Å². The van der Waals surface area contributed by atoms with Gasteiger partial charge in [0.15, 0.2) is 0 Å². The molecule has 3 heterocycles. The molecule has 1 aliphatic heterocycles. The molecule has 0 radical (unpaired) electrons. The van der Waals surface area contributed by atoms with Crippen LogP contribution in [0.5, 0.6) is 0 Å². The van der Waals surface area contributed by atoms with Gasteiger partial charge < -0.3 is 15.2 Å². The van der Waals surface area contributed by atoms with Gasteiger partial charge in [0.05, 0.1) is 12.1 Å². The Hall–Kier alpha value is -3.00. The lowest BCUT2D eigenvalue weighted by atomic mass is 10.2. The summed E-state index contributed by atoms with van der Waals surface area (Å²) in [6, 6.07) is 9.96. The highest BCUT2D eigenvalue weighted by Gasteiger charge is 2.21. The van der Waals surface area contributed by atoms with Gasteiger partial charge in [-0.05, 0) is 0 Å². The van der Waals surface area contributed by atoms with Gasteiger partial charge in [-0.2, -0.15) is 0 Å². The van der Waals surface area contributed by atoms with Gasteiger partial charge in [-0.3, -0.25) is 9.59 Å². The SMILES string of the molecule is NC(=O)c1cn2c(n1)CCN(C(=O)Cc1csc(-c3ccccc3)n1)CC2. The topological polar surface area (TPSA) is 94.1 Å². The smallest absolute Gasteiger partial charge is 0.268 e. The Bertz CT molecular complexity index is 954. The molecular weight excluding hydrogens is 362 g/mol. The number of nitrogens with zero attached hydrogens (tertiary/aromatic N) is 4. The molecule has 0 atom stereocenters. The van der Waals surface area contributed by atoms with E-state index in [2.05, 4.69) is 9.97 Å². The van der Waals surface area contributed by atoms with E-state index in [-0.39, 0.29) is 18.0 Å². The molecule has 3 aromatic rings. The molecule has 27 heavy (non-hydrogen) atoms. The lowest BCUT2D eigenvalue weighted by Gasteiger charge is -2.19. The Kier molecular flexibility index (Phi) is 4.72. The molecule has 0 fully saturated rings. The first-order valence-corrected chi connectivity index (χ1v) is 9.61. The predicted molar refractivity (Wildman–Crippen MR) is 102 cm³/mol. The lowest BCUT2D eigenvalue weighted by molar-refractivity contribution is -0.130. The average molecular weight is 381 g/mol. The molecular formula is C19H19N5O2S. The fraction of sp³-hybridized carbons (Fsp3) is 0.263. The van der Waals surface area contributed by atoms with Gasteiger partial charge >= 0.3 is 0 Å². The fourth-order valence-electron chi connectivity index (χ4n) is 3.16. The van der Waals surface area contributed by atoms with E-state index in [1.807, 2.05) is 45.2 Å². The number of benzene rings is 1. The third-order valence-electron chi connectivity index (χ3n) is 4.59. The number of hydrogen-bond donors (Lipinski definition) is 1. The molecule has 0 bridgehead atoms. The summed E-state index contributed by atoms with van der Waals surface area (Å²) in [5.74, 6) is 0.321. The van der Waals surface area contributed by atoms with Gasteiger partial charge in [0.1, 0.15) is 16.5 Å². The standard InChI is InChI=1S/C19H19N5O2S/c20-18(26)15-11-24-9-8-23(7-6-16(24)22-15)17(25)10-14-12-27-19(21-14)13-4-2-1-3-5-13/h1-5,11-12H,6-10H2,(H2,20,26). The van der Waals surface area contributed by atoms with Crippen molar-refractivity contribution >= 4 is 23.2 Å². The third kappa shape index (κ3) is 3.75. The summed E-state index contributed by atoms with van der Waals surface area (Å²) in [5, 5.41) is 2.87. The normalized spacial score (nSPS) is 13.9. The number of nitrogens with two attached hydrogens (primary N) is 1. The van der Waals surface area contributed by atoms with E-state index in [1.54, 1.807) is 17.5 Å². The van der Waals surface area contributed by atoms with Crippen LogP contribution >= 0.6 is 11.3 Å². The van der Waals surface area contributed by atoms with E-state index in [0.29, 0.717) is 26.1 Å². The van der Waals surface area contributed by atoms with Crippen molar-refractivity contribution in [2.75, 3.05) is 13.1 Å². The van der Waals surface area contributed by atoms with E-state index < -0.39 is 5.91 Å². The highest BCUT2D eigenvalue weighted by atomic mass is 32.1. The summed E-state index contributed by atoms with van der Waals surface area (Å²) >= 11 is 1.55. The maximum atomic E-state index is 12.7. The zero-order valence-corrected chi connectivity index (χ0v) is 15.5. The minimum absolute atomic E-state index is 0.0563. The molecule has 2 aromatic heterocycles. The van der Waals surface area contributed by atoms with Crippen LogP contribution in [0.4, 0.5) is 0 Å². The molecule has 2 amide bonds. The molecule has 0 unspecified atom stereocenters. The zero-order valence-electron chi connectivity index (χ0n) is 14.7. The first kappa shape index (κ1) is 17.4. The van der Waals surface area contributed by atoms with Gasteiger partial charge in [-0.25, -0.2) is 9.97 Å². The van der Waals surface area contributed by atoms with Crippen LogP contribution in [0.25, 0.3) is 10.6 Å². The number of thiazole rings is 1. The lowest BCUT2D eigenvalue weighted by Crippen LogP contribution is -2.34. The summed E-state index contributed by atoms with van der Waals surface area (Å²) in [6.45, 7) is 1.76. The van der Waals surface area contributed by atoms with E-state index in [1.165, 1.54) is 0 Å². The Labute approximate surface area is 160 Å². The number of fused-ring (bicyclic) bond motifs is 1. The first-order valence-electron chi connectivity index (χ1n) is 8.73. The molecule has 1 aliphatic rings. The largest absolute Gasteiger partial charge is 0.364 e. The molecule has 4 rings (SSSR count). The number of aromatic nitrogens is 3. The number of hydrogen-bond acceptors (Lipinski definition) is 5. The van der Waals surface area contributed by atoms with Crippen LogP contribution in [0.15, 0.2) is 41.9 Å².